The molecule has 1 saturated heterocycles. The van der Waals surface area contributed by atoms with Gasteiger partial charge in [0, 0.05) is 13.0 Å². The zero-order chi connectivity index (χ0) is 23.9. The van der Waals surface area contributed by atoms with E-state index in [0.29, 0.717) is 35.8 Å². The SMILES string of the molecule is NCCCCCCNc1nc2c(N)ncnc2n1[C@H]1C[C@H](O)[C@@H](COC(=O)c2ccccc2)O1. The van der Waals surface area contributed by atoms with E-state index in [1.165, 1.54) is 6.33 Å². The van der Waals surface area contributed by atoms with Gasteiger partial charge in [-0.15, -0.1) is 0 Å². The maximum Gasteiger partial charge on any atom is 0.338 e. The first-order chi connectivity index (χ1) is 16.6. The molecule has 0 saturated carbocycles. The number of hydrogen-bond donors (Lipinski definition) is 4. The fourth-order valence-electron chi connectivity index (χ4n) is 3.99. The van der Waals surface area contributed by atoms with Crippen molar-refractivity contribution in [2.24, 2.45) is 5.73 Å². The summed E-state index contributed by atoms with van der Waals surface area (Å²) in [6.45, 7) is 1.33. The van der Waals surface area contributed by atoms with Crippen LogP contribution in [0.5, 0.6) is 0 Å². The number of benzene rings is 1. The molecule has 3 heterocycles. The lowest BCUT2D eigenvalue weighted by Gasteiger charge is -2.18. The lowest BCUT2D eigenvalue weighted by Crippen LogP contribution is -2.28. The van der Waals surface area contributed by atoms with Crippen molar-refractivity contribution in [1.82, 2.24) is 19.5 Å². The van der Waals surface area contributed by atoms with Gasteiger partial charge in [-0.05, 0) is 31.5 Å². The van der Waals surface area contributed by atoms with E-state index in [1.807, 2.05) is 6.07 Å². The zero-order valence-corrected chi connectivity index (χ0v) is 19.0. The van der Waals surface area contributed by atoms with Crippen molar-refractivity contribution in [1.29, 1.82) is 0 Å². The number of carbonyl (C=O) groups is 1. The molecule has 2 aromatic heterocycles. The molecular formula is C23H31N7O4. The second-order valence-electron chi connectivity index (χ2n) is 8.26. The molecule has 3 atom stereocenters. The highest BCUT2D eigenvalue weighted by Gasteiger charge is 2.38. The highest BCUT2D eigenvalue weighted by Crippen LogP contribution is 2.35. The Labute approximate surface area is 197 Å². The number of fused-ring (bicyclic) bond motifs is 1. The summed E-state index contributed by atoms with van der Waals surface area (Å²) in [5, 5.41) is 14.0. The van der Waals surface area contributed by atoms with Crippen molar-refractivity contribution >= 4 is 28.9 Å². The molecule has 1 aliphatic heterocycles. The first-order valence-corrected chi connectivity index (χ1v) is 11.6. The fourth-order valence-corrected chi connectivity index (χ4v) is 3.99. The van der Waals surface area contributed by atoms with E-state index < -0.39 is 24.4 Å². The van der Waals surface area contributed by atoms with Gasteiger partial charge >= 0.3 is 5.97 Å². The average molecular weight is 470 g/mol. The Kier molecular flexibility index (Phi) is 7.88. The van der Waals surface area contributed by atoms with Crippen molar-refractivity contribution in [3.63, 3.8) is 0 Å². The first-order valence-electron chi connectivity index (χ1n) is 11.6. The molecule has 0 amide bonds. The third kappa shape index (κ3) is 5.44. The average Bonchev–Trinajstić information content (AvgIpc) is 3.40. The molecule has 11 heteroatoms. The number of imidazole rings is 1. The van der Waals surface area contributed by atoms with E-state index in [-0.39, 0.29) is 18.8 Å². The smallest absolute Gasteiger partial charge is 0.338 e. The summed E-state index contributed by atoms with van der Waals surface area (Å²) in [5.41, 5.74) is 13.0. The summed E-state index contributed by atoms with van der Waals surface area (Å²) < 4.78 is 13.3. The summed E-state index contributed by atoms with van der Waals surface area (Å²) in [5.74, 6) is 0.340. The van der Waals surface area contributed by atoms with Gasteiger partial charge in [0.05, 0.1) is 11.7 Å². The molecule has 0 bridgehead atoms. The summed E-state index contributed by atoms with van der Waals surface area (Å²) in [6.07, 6.45) is 3.69. The van der Waals surface area contributed by atoms with Gasteiger partial charge in [-0.1, -0.05) is 31.0 Å². The molecule has 3 aromatic rings. The van der Waals surface area contributed by atoms with E-state index in [9.17, 15) is 9.90 Å². The van der Waals surface area contributed by atoms with Crippen LogP contribution in [0.2, 0.25) is 0 Å². The molecule has 4 rings (SSSR count). The Hall–Kier alpha value is -3.28. The number of aliphatic hydroxyl groups excluding tert-OH is 1. The third-order valence-corrected chi connectivity index (χ3v) is 5.80. The number of unbranched alkanes of at least 4 members (excludes halogenated alkanes) is 3. The Morgan fingerprint density at radius 2 is 2.00 bits per heavy atom. The second kappa shape index (κ2) is 11.2. The molecule has 1 fully saturated rings. The largest absolute Gasteiger partial charge is 0.459 e. The molecule has 34 heavy (non-hydrogen) atoms. The van der Waals surface area contributed by atoms with Crippen LogP contribution in [0.1, 0.15) is 48.7 Å². The first kappa shape index (κ1) is 23.9. The Morgan fingerprint density at radius 3 is 2.79 bits per heavy atom. The molecule has 0 radical (unpaired) electrons. The predicted octanol–water partition coefficient (Wildman–Crippen LogP) is 1.84. The van der Waals surface area contributed by atoms with Crippen LogP contribution in [-0.2, 0) is 9.47 Å². The van der Waals surface area contributed by atoms with E-state index in [2.05, 4.69) is 20.3 Å². The van der Waals surface area contributed by atoms with Crippen molar-refractivity contribution < 1.29 is 19.4 Å². The van der Waals surface area contributed by atoms with Crippen LogP contribution in [-0.4, -0.2) is 62.5 Å². The molecular weight excluding hydrogens is 438 g/mol. The minimum atomic E-state index is -0.825. The summed E-state index contributed by atoms with van der Waals surface area (Å²) in [4.78, 5) is 25.2. The standard InChI is InChI=1S/C23H31N7O4/c24-10-6-1-2-7-11-26-23-29-19-20(25)27-14-28-21(19)30(23)18-12-16(31)17(34-18)13-33-22(32)15-8-4-3-5-9-15/h3-5,8-9,14,16-18,31H,1-2,6-7,10-13,24H2,(H,26,29)(H2,25,27,28)/t16-,17+,18+/m0/s1. The van der Waals surface area contributed by atoms with Crippen LogP contribution in [0.25, 0.3) is 11.2 Å². The van der Waals surface area contributed by atoms with Gasteiger partial charge in [-0.25, -0.2) is 19.7 Å². The number of rotatable bonds is 11. The second-order valence-corrected chi connectivity index (χ2v) is 8.26. The van der Waals surface area contributed by atoms with Gasteiger partial charge in [-0.2, -0.15) is 0 Å². The number of aliphatic hydroxyl groups is 1. The van der Waals surface area contributed by atoms with Gasteiger partial charge < -0.3 is 31.4 Å². The van der Waals surface area contributed by atoms with Gasteiger partial charge in [-0.3, -0.25) is 4.57 Å². The lowest BCUT2D eigenvalue weighted by molar-refractivity contribution is -0.0503. The van der Waals surface area contributed by atoms with Crippen molar-refractivity contribution in [2.75, 3.05) is 30.7 Å². The zero-order valence-electron chi connectivity index (χ0n) is 19.0. The maximum atomic E-state index is 12.3. The quantitative estimate of drug-likeness (QED) is 0.241. The van der Waals surface area contributed by atoms with E-state index >= 15 is 0 Å². The number of nitrogens with zero attached hydrogens (tertiary/aromatic N) is 4. The van der Waals surface area contributed by atoms with Crippen LogP contribution >= 0.6 is 0 Å². The molecule has 1 aliphatic rings. The molecule has 6 N–H and O–H groups in total. The fraction of sp³-hybridized carbons (Fsp3) is 0.478. The lowest BCUT2D eigenvalue weighted by atomic mass is 10.2. The van der Waals surface area contributed by atoms with Crippen molar-refractivity contribution in [3.8, 4) is 0 Å². The number of esters is 1. The number of aromatic nitrogens is 4. The minimum absolute atomic E-state index is 0.0704. The summed E-state index contributed by atoms with van der Waals surface area (Å²) in [7, 11) is 0. The van der Waals surface area contributed by atoms with E-state index in [0.717, 1.165) is 25.7 Å². The van der Waals surface area contributed by atoms with E-state index in [1.54, 1.807) is 28.8 Å². The van der Waals surface area contributed by atoms with Gasteiger partial charge in [0.15, 0.2) is 17.0 Å². The summed E-state index contributed by atoms with van der Waals surface area (Å²) >= 11 is 0. The number of nitrogens with one attached hydrogen (secondary N) is 1. The summed E-state index contributed by atoms with van der Waals surface area (Å²) in [6, 6.07) is 8.69. The number of hydrogen-bond acceptors (Lipinski definition) is 10. The Morgan fingerprint density at radius 1 is 1.21 bits per heavy atom. The third-order valence-electron chi connectivity index (χ3n) is 5.80. The van der Waals surface area contributed by atoms with E-state index in [4.69, 9.17) is 20.9 Å². The minimum Gasteiger partial charge on any atom is -0.459 e. The van der Waals surface area contributed by atoms with Gasteiger partial charge in [0.1, 0.15) is 25.3 Å². The number of carbonyl (C=O) groups excluding carboxylic acids is 1. The molecule has 0 aliphatic carbocycles. The molecule has 0 spiro atoms. The number of nitrogen functional groups attached to an aromatic ring is 1. The highest BCUT2D eigenvalue weighted by molar-refractivity contribution is 5.89. The van der Waals surface area contributed by atoms with Crippen LogP contribution in [0.3, 0.4) is 0 Å². The molecule has 11 nitrogen and oxygen atoms in total. The predicted molar refractivity (Wildman–Crippen MR) is 127 cm³/mol. The Bertz CT molecular complexity index is 1090. The van der Waals surface area contributed by atoms with Crippen molar-refractivity contribution in [3.05, 3.63) is 42.2 Å². The number of anilines is 2. The van der Waals surface area contributed by atoms with Crippen LogP contribution in [0.4, 0.5) is 11.8 Å². The van der Waals surface area contributed by atoms with Crippen LogP contribution in [0.15, 0.2) is 36.7 Å². The topological polar surface area (TPSA) is 163 Å². The van der Waals surface area contributed by atoms with Crippen molar-refractivity contribution in [2.45, 2.75) is 50.5 Å². The highest BCUT2D eigenvalue weighted by atomic mass is 16.6. The Balaban J connectivity index is 1.45. The van der Waals surface area contributed by atoms with Crippen LogP contribution in [0, 0.1) is 0 Å². The number of ether oxygens (including phenoxy) is 2. The van der Waals surface area contributed by atoms with Gasteiger partial charge in [0.25, 0.3) is 0 Å². The molecule has 0 unspecified atom stereocenters. The molecule has 182 valence electrons. The molecule has 1 aromatic carbocycles. The normalized spacial score (nSPS) is 20.0. The monoisotopic (exact) mass is 469 g/mol. The van der Waals surface area contributed by atoms with Crippen LogP contribution < -0.4 is 16.8 Å². The van der Waals surface area contributed by atoms with Gasteiger partial charge in [0.2, 0.25) is 5.95 Å². The maximum absolute atomic E-state index is 12.3. The number of nitrogens with two attached hydrogens (primary N) is 2.